The van der Waals surface area contributed by atoms with Crippen molar-refractivity contribution in [1.29, 1.82) is 0 Å². The van der Waals surface area contributed by atoms with E-state index in [-0.39, 0.29) is 24.3 Å². The number of benzene rings is 2. The summed E-state index contributed by atoms with van der Waals surface area (Å²) in [6.45, 7) is 1.74. The van der Waals surface area contributed by atoms with E-state index in [1.165, 1.54) is 18.9 Å². The molecule has 29 heavy (non-hydrogen) atoms. The van der Waals surface area contributed by atoms with Crippen LogP contribution in [0.5, 0.6) is 0 Å². The van der Waals surface area contributed by atoms with Crippen LogP contribution in [0.15, 0.2) is 59.6 Å². The monoisotopic (exact) mass is 411 g/mol. The molecule has 0 radical (unpaired) electrons. The number of nitrogens with zero attached hydrogens (tertiary/aromatic N) is 1. The van der Waals surface area contributed by atoms with Gasteiger partial charge in [-0.25, -0.2) is 4.79 Å². The van der Waals surface area contributed by atoms with E-state index in [9.17, 15) is 14.4 Å². The summed E-state index contributed by atoms with van der Waals surface area (Å²) in [4.78, 5) is 40.6. The number of hydrogen-bond donors (Lipinski definition) is 2. The summed E-state index contributed by atoms with van der Waals surface area (Å²) in [5, 5.41) is 5.47. The van der Waals surface area contributed by atoms with Crippen LogP contribution >= 0.6 is 11.8 Å². The smallest absolute Gasteiger partial charge is 0.337 e. The number of rotatable bonds is 5. The number of amidine groups is 1. The molecule has 0 fully saturated rings. The third kappa shape index (κ3) is 5.45. The molecule has 1 aliphatic heterocycles. The van der Waals surface area contributed by atoms with E-state index in [2.05, 4.69) is 20.4 Å². The lowest BCUT2D eigenvalue weighted by Crippen LogP contribution is -2.36. The first kappa shape index (κ1) is 20.6. The number of thioether (sulfide) groups is 1. The second-order valence-corrected chi connectivity index (χ2v) is 7.76. The predicted octanol–water partition coefficient (Wildman–Crippen LogP) is 3.15. The summed E-state index contributed by atoms with van der Waals surface area (Å²) in [6, 6.07) is 15.8. The molecule has 0 bridgehead atoms. The lowest BCUT2D eigenvalue weighted by molar-refractivity contribution is -0.120. The van der Waals surface area contributed by atoms with Crippen molar-refractivity contribution in [3.8, 4) is 0 Å². The Bertz CT molecular complexity index is 929. The number of carbonyl (C=O) groups is 3. The van der Waals surface area contributed by atoms with Gasteiger partial charge in [-0.1, -0.05) is 42.1 Å². The Balaban J connectivity index is 1.63. The molecule has 0 saturated carbocycles. The third-order valence-electron chi connectivity index (χ3n) is 4.31. The van der Waals surface area contributed by atoms with Crippen LogP contribution in [0.25, 0.3) is 0 Å². The summed E-state index contributed by atoms with van der Waals surface area (Å²) >= 11 is 1.19. The van der Waals surface area contributed by atoms with E-state index in [4.69, 9.17) is 0 Å². The van der Waals surface area contributed by atoms with Gasteiger partial charge in [0.15, 0.2) is 5.17 Å². The molecule has 0 aromatic heterocycles. The highest BCUT2D eigenvalue weighted by Gasteiger charge is 2.25. The average Bonchev–Trinajstić information content (AvgIpc) is 2.74. The van der Waals surface area contributed by atoms with Crippen LogP contribution in [0.1, 0.15) is 35.3 Å². The SMILES string of the molecule is COC(=O)c1ccc(NC(=O)C(C)SC2=NC(c3ccccc3)CC(=O)N2)cc1. The number of ether oxygens (including phenoxy) is 1. The van der Waals surface area contributed by atoms with Gasteiger partial charge in [0, 0.05) is 5.69 Å². The zero-order chi connectivity index (χ0) is 20.8. The van der Waals surface area contributed by atoms with Crippen molar-refractivity contribution in [2.24, 2.45) is 4.99 Å². The molecular weight excluding hydrogens is 390 g/mol. The molecule has 1 heterocycles. The second-order valence-electron chi connectivity index (χ2n) is 6.43. The quantitative estimate of drug-likeness (QED) is 0.737. The van der Waals surface area contributed by atoms with Crippen molar-refractivity contribution in [1.82, 2.24) is 5.32 Å². The van der Waals surface area contributed by atoms with Crippen LogP contribution < -0.4 is 10.6 Å². The minimum Gasteiger partial charge on any atom is -0.465 e. The first-order valence-electron chi connectivity index (χ1n) is 9.04. The maximum Gasteiger partial charge on any atom is 0.337 e. The second kappa shape index (κ2) is 9.38. The fourth-order valence-electron chi connectivity index (χ4n) is 2.77. The standard InChI is InChI=1S/C21H21N3O4S/c1-13(19(26)22-16-10-8-15(9-11-16)20(27)28-2)29-21-23-17(12-18(25)24-21)14-6-4-3-5-7-14/h3-11,13,17H,12H2,1-2H3,(H,22,26)(H,23,24,25). The van der Waals surface area contributed by atoms with Crippen LogP contribution in [0.3, 0.4) is 0 Å². The summed E-state index contributed by atoms with van der Waals surface area (Å²) in [7, 11) is 1.31. The zero-order valence-electron chi connectivity index (χ0n) is 16.0. The Morgan fingerprint density at radius 3 is 2.52 bits per heavy atom. The number of amides is 2. The molecule has 2 N–H and O–H groups in total. The Morgan fingerprint density at radius 2 is 1.86 bits per heavy atom. The zero-order valence-corrected chi connectivity index (χ0v) is 16.9. The molecule has 2 amide bonds. The first-order valence-corrected chi connectivity index (χ1v) is 9.92. The number of methoxy groups -OCH3 is 1. The summed E-state index contributed by atoms with van der Waals surface area (Å²) in [5.41, 5.74) is 1.93. The van der Waals surface area contributed by atoms with Gasteiger partial charge in [-0.05, 0) is 36.8 Å². The van der Waals surface area contributed by atoms with Gasteiger partial charge in [-0.2, -0.15) is 0 Å². The van der Waals surface area contributed by atoms with Crippen molar-refractivity contribution < 1.29 is 19.1 Å². The van der Waals surface area contributed by atoms with Crippen LogP contribution in [0.2, 0.25) is 0 Å². The summed E-state index contributed by atoms with van der Waals surface area (Å²) < 4.78 is 4.65. The van der Waals surface area contributed by atoms with Gasteiger partial charge in [0.05, 0.1) is 30.4 Å². The van der Waals surface area contributed by atoms with E-state index in [0.29, 0.717) is 16.4 Å². The number of anilines is 1. The van der Waals surface area contributed by atoms with Gasteiger partial charge >= 0.3 is 5.97 Å². The number of nitrogens with one attached hydrogen (secondary N) is 2. The van der Waals surface area contributed by atoms with E-state index in [1.807, 2.05) is 30.3 Å². The maximum absolute atomic E-state index is 12.5. The number of carbonyl (C=O) groups excluding carboxylic acids is 3. The largest absolute Gasteiger partial charge is 0.465 e. The molecule has 2 aromatic carbocycles. The Labute approximate surface area is 172 Å². The molecule has 0 spiro atoms. The normalized spacial score (nSPS) is 17.0. The van der Waals surface area contributed by atoms with Crippen LogP contribution in [-0.4, -0.2) is 35.3 Å². The molecule has 2 atom stereocenters. The van der Waals surface area contributed by atoms with E-state index in [1.54, 1.807) is 31.2 Å². The van der Waals surface area contributed by atoms with Gasteiger partial charge < -0.3 is 15.4 Å². The molecule has 7 nitrogen and oxygen atoms in total. The molecule has 0 aliphatic carbocycles. The molecule has 1 aliphatic rings. The molecule has 3 rings (SSSR count). The van der Waals surface area contributed by atoms with Gasteiger partial charge in [-0.15, -0.1) is 0 Å². The number of esters is 1. The van der Waals surface area contributed by atoms with Gasteiger partial charge in [-0.3, -0.25) is 14.6 Å². The third-order valence-corrected chi connectivity index (χ3v) is 5.31. The molecule has 8 heteroatoms. The highest BCUT2D eigenvalue weighted by Crippen LogP contribution is 2.27. The number of aliphatic imine (C=N–C) groups is 1. The van der Waals surface area contributed by atoms with Crippen LogP contribution in [-0.2, 0) is 14.3 Å². The van der Waals surface area contributed by atoms with Gasteiger partial charge in [0.25, 0.3) is 0 Å². The van der Waals surface area contributed by atoms with E-state index < -0.39 is 11.2 Å². The van der Waals surface area contributed by atoms with E-state index >= 15 is 0 Å². The fourth-order valence-corrected chi connectivity index (χ4v) is 3.63. The maximum atomic E-state index is 12.5. The minimum absolute atomic E-state index is 0.123. The topological polar surface area (TPSA) is 96.9 Å². The van der Waals surface area contributed by atoms with Crippen LogP contribution in [0.4, 0.5) is 5.69 Å². The molecule has 0 saturated heterocycles. The Morgan fingerprint density at radius 1 is 1.17 bits per heavy atom. The van der Waals surface area contributed by atoms with E-state index in [0.717, 1.165) is 5.56 Å². The van der Waals surface area contributed by atoms with Crippen LogP contribution in [0, 0.1) is 0 Å². The Kier molecular flexibility index (Phi) is 6.66. The minimum atomic E-state index is -0.483. The van der Waals surface area contributed by atoms with Crippen molar-refractivity contribution in [2.45, 2.75) is 24.6 Å². The Hall–Kier alpha value is -3.13. The highest BCUT2D eigenvalue weighted by molar-refractivity contribution is 8.15. The molecule has 2 unspecified atom stereocenters. The molecule has 2 aromatic rings. The molecule has 150 valence electrons. The van der Waals surface area contributed by atoms with Crippen molar-refractivity contribution in [3.63, 3.8) is 0 Å². The summed E-state index contributed by atoms with van der Waals surface area (Å²) in [5.74, 6) is -0.798. The lowest BCUT2D eigenvalue weighted by atomic mass is 10.0. The fraction of sp³-hybridized carbons (Fsp3) is 0.238. The molecular formula is C21H21N3O4S. The van der Waals surface area contributed by atoms with Gasteiger partial charge in [0.2, 0.25) is 11.8 Å². The lowest BCUT2D eigenvalue weighted by Gasteiger charge is -2.22. The van der Waals surface area contributed by atoms with Crippen molar-refractivity contribution in [2.75, 3.05) is 12.4 Å². The highest BCUT2D eigenvalue weighted by atomic mass is 32.2. The van der Waals surface area contributed by atoms with Crippen molar-refractivity contribution >= 4 is 40.4 Å². The van der Waals surface area contributed by atoms with Gasteiger partial charge in [0.1, 0.15) is 0 Å². The first-order chi connectivity index (χ1) is 14.0. The predicted molar refractivity (Wildman–Crippen MR) is 113 cm³/mol. The average molecular weight is 411 g/mol. The number of hydrogen-bond acceptors (Lipinski definition) is 6. The summed E-state index contributed by atoms with van der Waals surface area (Å²) in [6.07, 6.45) is 0.279. The van der Waals surface area contributed by atoms with Crippen molar-refractivity contribution in [3.05, 3.63) is 65.7 Å².